The van der Waals surface area contributed by atoms with Gasteiger partial charge in [0.2, 0.25) is 5.91 Å². The molecule has 1 saturated heterocycles. The molecule has 0 aliphatic carbocycles. The van der Waals surface area contributed by atoms with E-state index in [4.69, 9.17) is 11.6 Å². The number of rotatable bonds is 2. The summed E-state index contributed by atoms with van der Waals surface area (Å²) < 4.78 is 12.9. The molecule has 1 unspecified atom stereocenters. The molecule has 0 radical (unpaired) electrons. The second kappa shape index (κ2) is 5.47. The maximum atomic E-state index is 12.9. The number of benzene rings is 1. The Balaban J connectivity index is 1.99. The predicted molar refractivity (Wildman–Crippen MR) is 65.6 cm³/mol. The highest BCUT2D eigenvalue weighted by Gasteiger charge is 2.20. The van der Waals surface area contributed by atoms with E-state index in [0.29, 0.717) is 12.2 Å². The van der Waals surface area contributed by atoms with Crippen molar-refractivity contribution in [2.75, 3.05) is 18.4 Å². The van der Waals surface area contributed by atoms with Crippen LogP contribution in [0.3, 0.4) is 0 Å². The maximum Gasteiger partial charge on any atom is 0.228 e. The van der Waals surface area contributed by atoms with Gasteiger partial charge in [-0.2, -0.15) is 0 Å². The molecule has 2 N–H and O–H groups in total. The summed E-state index contributed by atoms with van der Waals surface area (Å²) in [5.74, 6) is -0.545. The standard InChI is InChI=1S/C12H14ClFN2O/c13-10-6-9(3-4-11(10)14)16-12(17)8-2-1-5-15-7-8/h3-4,6,8,15H,1-2,5,7H2,(H,16,17). The number of piperidine rings is 1. The summed E-state index contributed by atoms with van der Waals surface area (Å²) in [6.45, 7) is 1.66. The van der Waals surface area contributed by atoms with Crippen molar-refractivity contribution >= 4 is 23.2 Å². The van der Waals surface area contributed by atoms with Gasteiger partial charge in [-0.1, -0.05) is 11.6 Å². The van der Waals surface area contributed by atoms with E-state index in [0.717, 1.165) is 19.4 Å². The van der Waals surface area contributed by atoms with E-state index in [1.54, 1.807) is 0 Å². The molecule has 5 heteroatoms. The quantitative estimate of drug-likeness (QED) is 0.853. The van der Waals surface area contributed by atoms with E-state index < -0.39 is 5.82 Å². The lowest BCUT2D eigenvalue weighted by atomic mass is 9.99. The topological polar surface area (TPSA) is 41.1 Å². The first-order valence-electron chi connectivity index (χ1n) is 5.63. The molecule has 1 aromatic rings. The fourth-order valence-electron chi connectivity index (χ4n) is 1.89. The van der Waals surface area contributed by atoms with Crippen LogP contribution in [0.1, 0.15) is 12.8 Å². The minimum Gasteiger partial charge on any atom is -0.326 e. The van der Waals surface area contributed by atoms with E-state index in [2.05, 4.69) is 10.6 Å². The summed E-state index contributed by atoms with van der Waals surface area (Å²) in [5.41, 5.74) is 0.534. The molecule has 1 atom stereocenters. The lowest BCUT2D eigenvalue weighted by Gasteiger charge is -2.21. The number of carbonyl (C=O) groups excluding carboxylic acids is 1. The van der Waals surface area contributed by atoms with E-state index in [1.165, 1.54) is 18.2 Å². The van der Waals surface area contributed by atoms with Gasteiger partial charge < -0.3 is 10.6 Å². The molecule has 17 heavy (non-hydrogen) atoms. The van der Waals surface area contributed by atoms with E-state index in [1.807, 2.05) is 0 Å². The number of anilines is 1. The third-order valence-electron chi connectivity index (χ3n) is 2.85. The summed E-state index contributed by atoms with van der Waals surface area (Å²) in [5, 5.41) is 5.94. The Hall–Kier alpha value is -1.13. The van der Waals surface area contributed by atoms with Crippen molar-refractivity contribution in [3.8, 4) is 0 Å². The Labute approximate surface area is 104 Å². The SMILES string of the molecule is O=C(Nc1ccc(F)c(Cl)c1)C1CCCNC1. The Morgan fingerprint density at radius 1 is 1.53 bits per heavy atom. The van der Waals surface area contributed by atoms with Crippen molar-refractivity contribution in [3.63, 3.8) is 0 Å². The fourth-order valence-corrected chi connectivity index (χ4v) is 2.07. The molecule has 1 heterocycles. The zero-order valence-corrected chi connectivity index (χ0v) is 10.1. The Morgan fingerprint density at radius 3 is 3.00 bits per heavy atom. The van der Waals surface area contributed by atoms with Gasteiger partial charge in [-0.05, 0) is 37.6 Å². The molecule has 1 amide bonds. The summed E-state index contributed by atoms with van der Waals surface area (Å²) in [6.07, 6.45) is 1.88. The molecule has 2 rings (SSSR count). The number of halogens is 2. The van der Waals surface area contributed by atoms with Gasteiger partial charge in [-0.25, -0.2) is 4.39 Å². The van der Waals surface area contributed by atoms with Gasteiger partial charge in [0.05, 0.1) is 10.9 Å². The van der Waals surface area contributed by atoms with Crippen LogP contribution in [0, 0.1) is 11.7 Å². The normalized spacial score (nSPS) is 20.0. The van der Waals surface area contributed by atoms with Gasteiger partial charge in [0, 0.05) is 12.2 Å². The van der Waals surface area contributed by atoms with Crippen molar-refractivity contribution in [1.29, 1.82) is 0 Å². The summed E-state index contributed by atoms with van der Waals surface area (Å²) >= 11 is 5.64. The minimum absolute atomic E-state index is 0.0181. The smallest absolute Gasteiger partial charge is 0.228 e. The molecule has 1 aliphatic rings. The van der Waals surface area contributed by atoms with Crippen LogP contribution in [0.5, 0.6) is 0 Å². The third-order valence-corrected chi connectivity index (χ3v) is 3.14. The maximum absolute atomic E-state index is 12.9. The molecular formula is C12H14ClFN2O. The highest BCUT2D eigenvalue weighted by atomic mass is 35.5. The number of carbonyl (C=O) groups is 1. The molecular weight excluding hydrogens is 243 g/mol. The predicted octanol–water partition coefficient (Wildman–Crippen LogP) is 2.42. The Morgan fingerprint density at radius 2 is 2.35 bits per heavy atom. The van der Waals surface area contributed by atoms with Crippen LogP contribution in [0.15, 0.2) is 18.2 Å². The van der Waals surface area contributed by atoms with Gasteiger partial charge in [-0.3, -0.25) is 4.79 Å². The second-order valence-corrected chi connectivity index (χ2v) is 4.57. The summed E-state index contributed by atoms with van der Waals surface area (Å²) in [7, 11) is 0. The van der Waals surface area contributed by atoms with Crippen LogP contribution < -0.4 is 10.6 Å². The lowest BCUT2D eigenvalue weighted by Crippen LogP contribution is -2.37. The third kappa shape index (κ3) is 3.17. The highest BCUT2D eigenvalue weighted by Crippen LogP contribution is 2.20. The average Bonchev–Trinajstić information content (AvgIpc) is 2.35. The van der Waals surface area contributed by atoms with Crippen molar-refractivity contribution in [1.82, 2.24) is 5.32 Å². The zero-order chi connectivity index (χ0) is 12.3. The summed E-state index contributed by atoms with van der Waals surface area (Å²) in [4.78, 5) is 11.9. The van der Waals surface area contributed by atoms with Crippen LogP contribution in [-0.4, -0.2) is 19.0 Å². The van der Waals surface area contributed by atoms with Crippen molar-refractivity contribution < 1.29 is 9.18 Å². The number of amides is 1. The molecule has 3 nitrogen and oxygen atoms in total. The van der Waals surface area contributed by atoms with Crippen LogP contribution >= 0.6 is 11.6 Å². The van der Waals surface area contributed by atoms with Crippen LogP contribution in [0.4, 0.5) is 10.1 Å². The minimum atomic E-state index is -0.482. The molecule has 1 aliphatic heterocycles. The lowest BCUT2D eigenvalue weighted by molar-refractivity contribution is -0.120. The first-order valence-corrected chi connectivity index (χ1v) is 6.01. The van der Waals surface area contributed by atoms with E-state index in [9.17, 15) is 9.18 Å². The van der Waals surface area contributed by atoms with Crippen LogP contribution in [-0.2, 0) is 4.79 Å². The fraction of sp³-hybridized carbons (Fsp3) is 0.417. The Kier molecular flexibility index (Phi) is 3.97. The molecule has 0 bridgehead atoms. The Bertz CT molecular complexity index is 419. The first-order chi connectivity index (χ1) is 8.16. The van der Waals surface area contributed by atoms with Gasteiger partial charge >= 0.3 is 0 Å². The van der Waals surface area contributed by atoms with Crippen molar-refractivity contribution in [2.24, 2.45) is 5.92 Å². The monoisotopic (exact) mass is 256 g/mol. The number of nitrogens with one attached hydrogen (secondary N) is 2. The largest absolute Gasteiger partial charge is 0.326 e. The number of hydrogen-bond donors (Lipinski definition) is 2. The van der Waals surface area contributed by atoms with Crippen molar-refractivity contribution in [3.05, 3.63) is 29.0 Å². The van der Waals surface area contributed by atoms with Gasteiger partial charge in [0.1, 0.15) is 5.82 Å². The first kappa shape index (κ1) is 12.3. The van der Waals surface area contributed by atoms with Gasteiger partial charge in [0.15, 0.2) is 0 Å². The average molecular weight is 257 g/mol. The molecule has 1 aromatic carbocycles. The van der Waals surface area contributed by atoms with Gasteiger partial charge in [-0.15, -0.1) is 0 Å². The second-order valence-electron chi connectivity index (χ2n) is 4.16. The summed E-state index contributed by atoms with van der Waals surface area (Å²) in [6, 6.07) is 4.18. The number of hydrogen-bond acceptors (Lipinski definition) is 2. The van der Waals surface area contributed by atoms with Crippen LogP contribution in [0.25, 0.3) is 0 Å². The van der Waals surface area contributed by atoms with Crippen molar-refractivity contribution in [2.45, 2.75) is 12.8 Å². The molecule has 0 spiro atoms. The molecule has 92 valence electrons. The van der Waals surface area contributed by atoms with Crippen LogP contribution in [0.2, 0.25) is 5.02 Å². The molecule has 0 aromatic heterocycles. The van der Waals surface area contributed by atoms with E-state index >= 15 is 0 Å². The van der Waals surface area contributed by atoms with E-state index in [-0.39, 0.29) is 16.8 Å². The zero-order valence-electron chi connectivity index (χ0n) is 9.30. The molecule has 1 fully saturated rings. The molecule has 0 saturated carbocycles. The highest BCUT2D eigenvalue weighted by molar-refractivity contribution is 6.31. The van der Waals surface area contributed by atoms with Gasteiger partial charge in [0.25, 0.3) is 0 Å².